The molecule has 78 valence electrons. The summed E-state index contributed by atoms with van der Waals surface area (Å²) in [5.41, 5.74) is 0. The average Bonchev–Trinajstić information content (AvgIpc) is 1.84. The van der Waals surface area contributed by atoms with Gasteiger partial charge in [-0.2, -0.15) is 0 Å². The van der Waals surface area contributed by atoms with Crippen molar-refractivity contribution in [3.8, 4) is 0 Å². The second kappa shape index (κ2) is 7.66. The number of aliphatic carboxylic acids is 1. The first-order chi connectivity index (χ1) is 5.77. The van der Waals surface area contributed by atoms with Gasteiger partial charge < -0.3 is 15.3 Å². The van der Waals surface area contributed by atoms with E-state index >= 15 is 0 Å². The number of carboxylic acid groups (broad SMARTS) is 1. The summed E-state index contributed by atoms with van der Waals surface area (Å²) in [5.74, 6) is -2.20. The molecular formula is C7H15NO5. The Morgan fingerprint density at radius 3 is 1.38 bits per heavy atom. The van der Waals surface area contributed by atoms with Crippen molar-refractivity contribution < 1.29 is 24.9 Å². The molecule has 0 rings (SSSR count). The van der Waals surface area contributed by atoms with Gasteiger partial charge in [-0.1, -0.05) is 0 Å². The molecule has 13 heavy (non-hydrogen) atoms. The fraction of sp³-hybridized carbons (Fsp3) is 0.714. The highest BCUT2D eigenvalue weighted by molar-refractivity contribution is 6.31. The van der Waals surface area contributed by atoms with Gasteiger partial charge in [0.05, 0.1) is 0 Å². The van der Waals surface area contributed by atoms with E-state index in [0.29, 0.717) is 0 Å². The maximum atomic E-state index is 9.54. The maximum Gasteiger partial charge on any atom is 0.371 e. The monoisotopic (exact) mass is 193 g/mol. The van der Waals surface area contributed by atoms with Gasteiger partial charge >= 0.3 is 5.97 Å². The van der Waals surface area contributed by atoms with Crippen LogP contribution in [-0.4, -0.2) is 39.5 Å². The van der Waals surface area contributed by atoms with Gasteiger partial charge in [-0.3, -0.25) is 10.1 Å². The van der Waals surface area contributed by atoms with Crippen LogP contribution in [0.25, 0.3) is 0 Å². The van der Waals surface area contributed by atoms with E-state index in [1.807, 2.05) is 0 Å². The number of hydrogen-bond acceptors (Lipinski definition) is 5. The molecule has 6 heteroatoms. The summed E-state index contributed by atoms with van der Waals surface area (Å²) in [5, 5.41) is 27.0. The maximum absolute atomic E-state index is 9.54. The number of rotatable bonds is 3. The number of hydrogen-bond donors (Lipinski definition) is 4. The third kappa shape index (κ3) is 18.2. The zero-order chi connectivity index (χ0) is 11.0. The number of aliphatic hydroxyl groups excluding tert-OH is 2. The molecule has 0 aliphatic rings. The summed E-state index contributed by atoms with van der Waals surface area (Å²) in [6, 6.07) is 0. The van der Waals surface area contributed by atoms with Crippen LogP contribution >= 0.6 is 0 Å². The molecule has 0 spiro atoms. The molecule has 0 aromatic heterocycles. The van der Waals surface area contributed by atoms with Gasteiger partial charge in [-0.05, 0) is 13.8 Å². The Hall–Kier alpha value is -0.980. The predicted octanol–water partition coefficient (Wildman–Crippen LogP) is -1.09. The number of carboxylic acids is 1. The van der Waals surface area contributed by atoms with Crippen molar-refractivity contribution in [3.05, 3.63) is 0 Å². The third-order valence-corrected chi connectivity index (χ3v) is 0.784. The number of Topliss-reactive ketones (excluding diaryl/α,β-unsaturated/α-hetero) is 1. The summed E-state index contributed by atoms with van der Waals surface area (Å²) in [7, 11) is 0. The second-order valence-electron chi connectivity index (χ2n) is 2.38. The van der Waals surface area contributed by atoms with Crippen LogP contribution in [0.4, 0.5) is 0 Å². The minimum absolute atomic E-state index is 0.625. The highest BCUT2D eigenvalue weighted by Gasteiger charge is 1.99. The van der Waals surface area contributed by atoms with Crippen LogP contribution < -0.4 is 5.32 Å². The van der Waals surface area contributed by atoms with E-state index in [2.05, 4.69) is 5.32 Å². The Balaban J connectivity index is 0. The molecule has 2 atom stereocenters. The molecule has 0 amide bonds. The fourth-order valence-corrected chi connectivity index (χ4v) is 0.349. The Labute approximate surface area is 76.2 Å². The van der Waals surface area contributed by atoms with Crippen LogP contribution in [0.3, 0.4) is 0 Å². The molecule has 0 aliphatic heterocycles. The average molecular weight is 193 g/mol. The number of nitrogens with one attached hydrogen (secondary N) is 1. The molecule has 0 fully saturated rings. The number of carbonyl (C=O) groups is 2. The van der Waals surface area contributed by atoms with Gasteiger partial charge in [0.1, 0.15) is 12.5 Å². The van der Waals surface area contributed by atoms with Crippen molar-refractivity contribution in [1.82, 2.24) is 5.32 Å². The van der Waals surface area contributed by atoms with E-state index in [1.165, 1.54) is 0 Å². The zero-order valence-electron chi connectivity index (χ0n) is 7.81. The van der Waals surface area contributed by atoms with Gasteiger partial charge in [-0.15, -0.1) is 0 Å². The van der Waals surface area contributed by atoms with Gasteiger partial charge in [0.25, 0.3) is 0 Å². The Morgan fingerprint density at radius 2 is 1.38 bits per heavy atom. The molecule has 0 radical (unpaired) electrons. The molecule has 0 saturated carbocycles. The van der Waals surface area contributed by atoms with E-state index < -0.39 is 24.2 Å². The lowest BCUT2D eigenvalue weighted by Crippen LogP contribution is -2.33. The highest BCUT2D eigenvalue weighted by Crippen LogP contribution is 1.74. The van der Waals surface area contributed by atoms with Crippen molar-refractivity contribution in [2.24, 2.45) is 0 Å². The lowest BCUT2D eigenvalue weighted by atomic mass is 10.5. The number of carbonyl (C=O) groups excluding carboxylic acids is 1. The van der Waals surface area contributed by atoms with Gasteiger partial charge in [0, 0.05) is 6.92 Å². The van der Waals surface area contributed by atoms with Crippen LogP contribution in [0.1, 0.15) is 20.8 Å². The highest BCUT2D eigenvalue weighted by atomic mass is 16.4. The lowest BCUT2D eigenvalue weighted by Gasteiger charge is -2.08. The van der Waals surface area contributed by atoms with Crippen molar-refractivity contribution in [3.63, 3.8) is 0 Å². The first kappa shape index (κ1) is 14.5. The van der Waals surface area contributed by atoms with Crippen molar-refractivity contribution in [1.29, 1.82) is 0 Å². The lowest BCUT2D eigenvalue weighted by molar-refractivity contribution is -0.148. The summed E-state index contributed by atoms with van der Waals surface area (Å²) in [6.07, 6.45) is -1.25. The summed E-state index contributed by atoms with van der Waals surface area (Å²) >= 11 is 0. The Morgan fingerprint density at radius 1 is 1.15 bits per heavy atom. The van der Waals surface area contributed by atoms with Gasteiger partial charge in [-0.25, -0.2) is 4.79 Å². The predicted molar refractivity (Wildman–Crippen MR) is 44.8 cm³/mol. The van der Waals surface area contributed by atoms with E-state index in [1.54, 1.807) is 13.8 Å². The summed E-state index contributed by atoms with van der Waals surface area (Å²) in [4.78, 5) is 18.9. The molecule has 0 aromatic rings. The Kier molecular flexibility index (Phi) is 8.56. The zero-order valence-corrected chi connectivity index (χ0v) is 7.81. The number of aliphatic hydroxyl groups is 2. The molecule has 6 nitrogen and oxygen atoms in total. The van der Waals surface area contributed by atoms with E-state index in [4.69, 9.17) is 15.3 Å². The van der Waals surface area contributed by atoms with Crippen molar-refractivity contribution in [2.45, 2.75) is 33.2 Å². The van der Waals surface area contributed by atoms with Crippen LogP contribution in [0, 0.1) is 0 Å². The Bertz CT molecular complexity index is 148. The third-order valence-electron chi connectivity index (χ3n) is 0.784. The molecule has 0 heterocycles. The molecule has 0 bridgehead atoms. The van der Waals surface area contributed by atoms with E-state index in [0.717, 1.165) is 6.92 Å². The molecule has 0 saturated heterocycles. The minimum Gasteiger partial charge on any atom is -0.476 e. The molecular weight excluding hydrogens is 178 g/mol. The molecule has 0 aromatic carbocycles. The van der Waals surface area contributed by atoms with Crippen LogP contribution in [-0.2, 0) is 9.59 Å². The fourth-order valence-electron chi connectivity index (χ4n) is 0.349. The molecule has 2 unspecified atom stereocenters. The van der Waals surface area contributed by atoms with Crippen LogP contribution in [0.5, 0.6) is 0 Å². The van der Waals surface area contributed by atoms with Gasteiger partial charge in [0.15, 0.2) is 0 Å². The summed E-state index contributed by atoms with van der Waals surface area (Å²) in [6.45, 7) is 4.10. The van der Waals surface area contributed by atoms with Gasteiger partial charge in [0.2, 0.25) is 5.78 Å². The summed E-state index contributed by atoms with van der Waals surface area (Å²) < 4.78 is 0. The first-order valence-electron chi connectivity index (χ1n) is 3.63. The minimum atomic E-state index is -1.38. The SMILES string of the molecule is CC(=O)C(=O)O.CC(O)NC(C)O. The largest absolute Gasteiger partial charge is 0.476 e. The van der Waals surface area contributed by atoms with Crippen molar-refractivity contribution >= 4 is 11.8 Å². The topological polar surface area (TPSA) is 107 Å². The first-order valence-corrected chi connectivity index (χ1v) is 3.63. The number of ketones is 1. The second-order valence-corrected chi connectivity index (χ2v) is 2.38. The van der Waals surface area contributed by atoms with Crippen molar-refractivity contribution in [2.75, 3.05) is 0 Å². The van der Waals surface area contributed by atoms with E-state index in [-0.39, 0.29) is 0 Å². The molecule has 4 N–H and O–H groups in total. The molecule has 0 aliphatic carbocycles. The van der Waals surface area contributed by atoms with Crippen LogP contribution in [0.2, 0.25) is 0 Å². The standard InChI is InChI=1S/C4H11NO2.C3H4O3/c1-3(6)5-4(2)7;1-2(4)3(5)6/h3-7H,1-2H3;1H3,(H,5,6). The quantitative estimate of drug-likeness (QED) is 0.335. The van der Waals surface area contributed by atoms with Crippen LogP contribution in [0.15, 0.2) is 0 Å². The van der Waals surface area contributed by atoms with E-state index in [9.17, 15) is 9.59 Å². The smallest absolute Gasteiger partial charge is 0.371 e. The normalized spacial score (nSPS) is 13.6.